The molecule has 0 N–H and O–H groups in total. The maximum Gasteiger partial charge on any atom is 0.367 e. The Hall–Kier alpha value is -0.620. The Balaban J connectivity index is 2.84. The molecule has 0 saturated heterocycles. The lowest BCUT2D eigenvalue weighted by Crippen LogP contribution is -2.14. The van der Waals surface area contributed by atoms with E-state index in [0.29, 0.717) is 4.88 Å². The molecule has 0 spiro atoms. The Bertz CT molecular complexity index is 416. The summed E-state index contributed by atoms with van der Waals surface area (Å²) in [4.78, 5) is 25.4. The number of hydrogen-bond donors (Lipinski definition) is 0. The predicted molar refractivity (Wildman–Crippen MR) is 63.3 cm³/mol. The van der Waals surface area contributed by atoms with Gasteiger partial charge in [0.2, 0.25) is 4.84 Å². The standard InChI is InChI=1S/C8H4Cl3NO3S/c9-6(10)8(14)15-12-5(7(11)13)4-2-1-3-16-4/h1-3,6H. The number of alkyl halides is 2. The second kappa shape index (κ2) is 6.20. The monoisotopic (exact) mass is 299 g/mol. The first-order chi connectivity index (χ1) is 7.52. The van der Waals surface area contributed by atoms with Gasteiger partial charge in [0.15, 0.2) is 5.71 Å². The highest BCUT2D eigenvalue weighted by Gasteiger charge is 2.17. The summed E-state index contributed by atoms with van der Waals surface area (Å²) < 4.78 is 0. The lowest BCUT2D eigenvalue weighted by atomic mass is 10.3. The van der Waals surface area contributed by atoms with Crippen LogP contribution in [0.1, 0.15) is 4.88 Å². The zero-order valence-corrected chi connectivity index (χ0v) is 10.6. The van der Waals surface area contributed by atoms with Crippen molar-refractivity contribution < 1.29 is 14.4 Å². The summed E-state index contributed by atoms with van der Waals surface area (Å²) in [6, 6.07) is 3.31. The van der Waals surface area contributed by atoms with Crippen molar-refractivity contribution in [2.45, 2.75) is 4.84 Å². The molecule has 0 aliphatic rings. The van der Waals surface area contributed by atoms with Crippen molar-refractivity contribution in [2.75, 3.05) is 0 Å². The van der Waals surface area contributed by atoms with Gasteiger partial charge in [0, 0.05) is 0 Å². The van der Waals surface area contributed by atoms with Crippen molar-refractivity contribution in [1.82, 2.24) is 0 Å². The van der Waals surface area contributed by atoms with Gasteiger partial charge in [0.05, 0.1) is 4.88 Å². The van der Waals surface area contributed by atoms with Gasteiger partial charge < -0.3 is 4.84 Å². The quantitative estimate of drug-likeness (QED) is 0.282. The molecule has 1 aromatic rings. The van der Waals surface area contributed by atoms with Gasteiger partial charge in [-0.15, -0.1) is 11.3 Å². The molecule has 0 aliphatic carbocycles. The molecule has 1 heterocycles. The van der Waals surface area contributed by atoms with E-state index < -0.39 is 16.0 Å². The van der Waals surface area contributed by atoms with Crippen LogP contribution in [-0.2, 0) is 14.4 Å². The van der Waals surface area contributed by atoms with Crippen molar-refractivity contribution in [2.24, 2.45) is 5.16 Å². The molecule has 1 rings (SSSR count). The number of thiophene rings is 1. The van der Waals surface area contributed by atoms with Crippen molar-refractivity contribution in [1.29, 1.82) is 0 Å². The fourth-order valence-electron chi connectivity index (χ4n) is 0.722. The van der Waals surface area contributed by atoms with Crippen LogP contribution in [0, 0.1) is 0 Å². The number of rotatable bonds is 4. The highest BCUT2D eigenvalue weighted by molar-refractivity contribution is 7.14. The van der Waals surface area contributed by atoms with E-state index in [2.05, 4.69) is 9.99 Å². The van der Waals surface area contributed by atoms with Crippen LogP contribution in [0.3, 0.4) is 0 Å². The fraction of sp³-hybridized carbons (Fsp3) is 0.125. The Kier molecular flexibility index (Phi) is 5.21. The number of oxime groups is 1. The van der Waals surface area contributed by atoms with Crippen LogP contribution >= 0.6 is 46.1 Å². The minimum Gasteiger partial charge on any atom is -0.314 e. The van der Waals surface area contributed by atoms with Crippen LogP contribution in [0.5, 0.6) is 0 Å². The first kappa shape index (κ1) is 13.4. The van der Waals surface area contributed by atoms with Gasteiger partial charge in [-0.2, -0.15) is 0 Å². The third kappa shape index (κ3) is 3.75. The first-order valence-corrected chi connectivity index (χ1v) is 5.96. The molecule has 0 unspecified atom stereocenters. The van der Waals surface area contributed by atoms with Crippen LogP contribution in [-0.4, -0.2) is 21.8 Å². The normalized spacial score (nSPS) is 11.6. The number of carbonyl (C=O) groups is 2. The van der Waals surface area contributed by atoms with Gasteiger partial charge in [-0.25, -0.2) is 4.79 Å². The second-order valence-electron chi connectivity index (χ2n) is 2.40. The summed E-state index contributed by atoms with van der Waals surface area (Å²) in [5.74, 6) is -0.977. The van der Waals surface area contributed by atoms with E-state index in [4.69, 9.17) is 34.8 Å². The zero-order chi connectivity index (χ0) is 12.1. The van der Waals surface area contributed by atoms with Crippen LogP contribution < -0.4 is 0 Å². The SMILES string of the molecule is O=C(Cl)C(=NOC(=O)C(Cl)Cl)c1cccs1. The third-order valence-electron chi connectivity index (χ3n) is 1.35. The molecule has 0 amide bonds. The summed E-state index contributed by atoms with van der Waals surface area (Å²) >= 11 is 16.9. The molecular weight excluding hydrogens is 297 g/mol. The van der Waals surface area contributed by atoms with Gasteiger partial charge in [-0.05, 0) is 23.0 Å². The molecule has 0 saturated carbocycles. The highest BCUT2D eigenvalue weighted by atomic mass is 35.5. The van der Waals surface area contributed by atoms with E-state index in [0.717, 1.165) is 0 Å². The number of carbonyl (C=O) groups excluding carboxylic acids is 2. The Morgan fingerprint density at radius 3 is 2.56 bits per heavy atom. The minimum atomic E-state index is -1.36. The van der Waals surface area contributed by atoms with E-state index >= 15 is 0 Å². The fourth-order valence-corrected chi connectivity index (χ4v) is 1.70. The molecule has 0 fully saturated rings. The predicted octanol–water partition coefficient (Wildman–Crippen LogP) is 2.56. The van der Waals surface area contributed by atoms with Crippen LogP contribution in [0.4, 0.5) is 0 Å². The van der Waals surface area contributed by atoms with E-state index in [1.165, 1.54) is 11.3 Å². The molecule has 86 valence electrons. The largest absolute Gasteiger partial charge is 0.367 e. The van der Waals surface area contributed by atoms with Crippen molar-refractivity contribution >= 4 is 63.1 Å². The molecule has 16 heavy (non-hydrogen) atoms. The molecule has 1 aromatic heterocycles. The Morgan fingerprint density at radius 1 is 1.44 bits per heavy atom. The summed E-state index contributed by atoms with van der Waals surface area (Å²) in [5.41, 5.74) is -0.168. The van der Waals surface area contributed by atoms with Gasteiger partial charge in [0.25, 0.3) is 5.24 Å². The smallest absolute Gasteiger partial charge is 0.314 e. The second-order valence-corrected chi connectivity index (χ2v) is 4.79. The Morgan fingerprint density at radius 2 is 2.12 bits per heavy atom. The van der Waals surface area contributed by atoms with Crippen molar-refractivity contribution in [3.8, 4) is 0 Å². The van der Waals surface area contributed by atoms with Gasteiger partial charge in [0.1, 0.15) is 0 Å². The minimum absolute atomic E-state index is 0.168. The van der Waals surface area contributed by atoms with Gasteiger partial charge >= 0.3 is 5.97 Å². The van der Waals surface area contributed by atoms with E-state index in [9.17, 15) is 9.59 Å². The maximum absolute atomic E-state index is 11.0. The summed E-state index contributed by atoms with van der Waals surface area (Å²) in [5, 5.41) is 4.20. The average Bonchev–Trinajstić information content (AvgIpc) is 2.70. The van der Waals surface area contributed by atoms with Crippen molar-refractivity contribution in [3.63, 3.8) is 0 Å². The number of halogens is 3. The first-order valence-electron chi connectivity index (χ1n) is 3.83. The molecule has 0 atom stereocenters. The van der Waals surface area contributed by atoms with E-state index in [-0.39, 0.29) is 5.71 Å². The van der Waals surface area contributed by atoms with Crippen LogP contribution in [0.15, 0.2) is 22.7 Å². The average molecular weight is 301 g/mol. The van der Waals surface area contributed by atoms with Gasteiger partial charge in [-0.1, -0.05) is 34.4 Å². The zero-order valence-electron chi connectivity index (χ0n) is 7.52. The topological polar surface area (TPSA) is 55.7 Å². The molecule has 0 bridgehead atoms. The molecule has 8 heteroatoms. The maximum atomic E-state index is 11.0. The van der Waals surface area contributed by atoms with E-state index in [1.54, 1.807) is 17.5 Å². The number of nitrogens with zero attached hydrogens (tertiary/aromatic N) is 1. The molecule has 0 aromatic carbocycles. The summed E-state index contributed by atoms with van der Waals surface area (Å²) in [6.45, 7) is 0. The van der Waals surface area contributed by atoms with Crippen molar-refractivity contribution in [3.05, 3.63) is 22.4 Å². The number of hydrogen-bond acceptors (Lipinski definition) is 5. The lowest BCUT2D eigenvalue weighted by Gasteiger charge is -1.99. The third-order valence-corrected chi connectivity index (χ3v) is 2.76. The molecule has 0 aliphatic heterocycles. The highest BCUT2D eigenvalue weighted by Crippen LogP contribution is 2.13. The molecule has 0 radical (unpaired) electrons. The molecular formula is C8H4Cl3NO3S. The van der Waals surface area contributed by atoms with Crippen LogP contribution in [0.2, 0.25) is 0 Å². The lowest BCUT2D eigenvalue weighted by molar-refractivity contribution is -0.141. The molecule has 4 nitrogen and oxygen atoms in total. The van der Waals surface area contributed by atoms with E-state index in [1.807, 2.05) is 0 Å². The van der Waals surface area contributed by atoms with Gasteiger partial charge in [-0.3, -0.25) is 4.79 Å². The van der Waals surface area contributed by atoms with Crippen LogP contribution in [0.25, 0.3) is 0 Å². The Labute approximate surface area is 110 Å². The summed E-state index contributed by atoms with van der Waals surface area (Å²) in [6.07, 6.45) is 0. The summed E-state index contributed by atoms with van der Waals surface area (Å²) in [7, 11) is 0.